The summed E-state index contributed by atoms with van der Waals surface area (Å²) in [6, 6.07) is 8.68. The second-order valence-electron chi connectivity index (χ2n) is 7.13. The van der Waals surface area contributed by atoms with E-state index in [4.69, 9.17) is 14.7 Å². The molecule has 4 rings (SSSR count). The Hall–Kier alpha value is -2.43. The summed E-state index contributed by atoms with van der Waals surface area (Å²) >= 11 is 0. The number of rotatable bonds is 3. The maximum Gasteiger partial charge on any atom is 0.240 e. The highest BCUT2D eigenvalue weighted by Gasteiger charge is 2.58. The number of carbonyl (C=O) groups excluding carboxylic acids is 2. The molecule has 1 spiro atoms. The summed E-state index contributed by atoms with van der Waals surface area (Å²) in [5.41, 5.74) is 0.174. The van der Waals surface area contributed by atoms with E-state index < -0.39 is 11.2 Å². The lowest BCUT2D eigenvalue weighted by Gasteiger charge is -2.38. The molecular weight excluding hydrogens is 334 g/mol. The summed E-state index contributed by atoms with van der Waals surface area (Å²) in [7, 11) is 0. The second-order valence-corrected chi connectivity index (χ2v) is 7.13. The molecule has 1 N–H and O–H groups in total. The van der Waals surface area contributed by atoms with Crippen molar-refractivity contribution in [2.24, 2.45) is 5.41 Å². The van der Waals surface area contributed by atoms with Crippen molar-refractivity contribution >= 4 is 17.5 Å². The number of carbonyl (C=O) groups is 2. The van der Waals surface area contributed by atoms with Crippen molar-refractivity contribution in [3.05, 3.63) is 29.8 Å². The molecular formula is C19H21N3O4. The number of likely N-dealkylation sites (tertiary alicyclic amines) is 1. The number of nitrogens with one attached hydrogen (secondary N) is 1. The first-order chi connectivity index (χ1) is 12.6. The molecule has 3 fully saturated rings. The zero-order chi connectivity index (χ0) is 18.2. The van der Waals surface area contributed by atoms with E-state index in [1.165, 1.54) is 0 Å². The molecule has 0 radical (unpaired) electrons. The number of piperidine rings is 1. The second kappa shape index (κ2) is 6.38. The van der Waals surface area contributed by atoms with E-state index in [1.54, 1.807) is 29.2 Å². The third-order valence-electron chi connectivity index (χ3n) is 5.49. The number of nitrogens with zero attached hydrogens (tertiary/aromatic N) is 2. The lowest BCUT2D eigenvalue weighted by Crippen LogP contribution is -2.51. The molecule has 1 aromatic carbocycles. The topological polar surface area (TPSA) is 91.7 Å². The van der Waals surface area contributed by atoms with Gasteiger partial charge in [-0.1, -0.05) is 0 Å². The molecule has 7 nitrogen and oxygen atoms in total. The first kappa shape index (κ1) is 17.0. The van der Waals surface area contributed by atoms with E-state index in [9.17, 15) is 9.59 Å². The van der Waals surface area contributed by atoms with Crippen LogP contribution in [0.4, 0.5) is 5.69 Å². The SMILES string of the molecule is N#Cc1ccc(NC(=O)C2(C(=O)N3CCC4(CC3)OCCO4)CC2)cc1. The highest BCUT2D eigenvalue weighted by molar-refractivity contribution is 6.13. The summed E-state index contributed by atoms with van der Waals surface area (Å²) in [4.78, 5) is 27.4. The van der Waals surface area contributed by atoms with Gasteiger partial charge in [-0.25, -0.2) is 0 Å². The van der Waals surface area contributed by atoms with Crippen molar-refractivity contribution < 1.29 is 19.1 Å². The van der Waals surface area contributed by atoms with Crippen LogP contribution >= 0.6 is 0 Å². The normalized spacial score (nSPS) is 22.7. The van der Waals surface area contributed by atoms with E-state index in [0.717, 1.165) is 0 Å². The number of anilines is 1. The fourth-order valence-corrected chi connectivity index (χ4v) is 3.68. The number of nitriles is 1. The molecule has 2 aliphatic heterocycles. The first-order valence-corrected chi connectivity index (χ1v) is 8.96. The van der Waals surface area contributed by atoms with Gasteiger partial charge in [0, 0.05) is 31.6 Å². The van der Waals surface area contributed by atoms with Crippen LogP contribution < -0.4 is 5.32 Å². The standard InChI is InChI=1S/C19H21N3O4/c20-13-14-1-3-15(4-2-14)21-16(23)18(5-6-18)17(24)22-9-7-19(8-10-22)25-11-12-26-19/h1-4H,5-12H2,(H,21,23). The molecule has 2 heterocycles. The monoisotopic (exact) mass is 355 g/mol. The maximum absolute atomic E-state index is 13.0. The number of benzene rings is 1. The molecule has 1 aromatic rings. The fraction of sp³-hybridized carbons (Fsp3) is 0.526. The van der Waals surface area contributed by atoms with E-state index in [-0.39, 0.29) is 11.8 Å². The van der Waals surface area contributed by atoms with Gasteiger partial charge in [-0.15, -0.1) is 0 Å². The van der Waals surface area contributed by atoms with E-state index in [0.29, 0.717) is 63.2 Å². The molecule has 0 aromatic heterocycles. The highest BCUT2D eigenvalue weighted by Crippen LogP contribution is 2.49. The van der Waals surface area contributed by atoms with Gasteiger partial charge in [-0.05, 0) is 37.1 Å². The molecule has 136 valence electrons. The third kappa shape index (κ3) is 2.96. The summed E-state index contributed by atoms with van der Waals surface area (Å²) in [6.07, 6.45) is 2.43. The van der Waals surface area contributed by atoms with Gasteiger partial charge in [-0.2, -0.15) is 5.26 Å². The number of amides is 2. The molecule has 0 unspecified atom stereocenters. The van der Waals surface area contributed by atoms with Crippen molar-refractivity contribution in [3.63, 3.8) is 0 Å². The van der Waals surface area contributed by atoms with Gasteiger partial charge in [0.2, 0.25) is 11.8 Å². The number of ether oxygens (including phenoxy) is 2. The summed E-state index contributed by atoms with van der Waals surface area (Å²) in [6.45, 7) is 2.30. The Morgan fingerprint density at radius 3 is 2.19 bits per heavy atom. The van der Waals surface area contributed by atoms with Crippen LogP contribution in [-0.2, 0) is 19.1 Å². The molecule has 2 saturated heterocycles. The van der Waals surface area contributed by atoms with E-state index >= 15 is 0 Å². The molecule has 3 aliphatic rings. The summed E-state index contributed by atoms with van der Waals surface area (Å²) in [5, 5.41) is 11.7. The lowest BCUT2D eigenvalue weighted by molar-refractivity contribution is -0.188. The molecule has 0 atom stereocenters. The number of hydrogen-bond donors (Lipinski definition) is 1. The van der Waals surface area contributed by atoms with E-state index in [1.807, 2.05) is 6.07 Å². The van der Waals surface area contributed by atoms with Crippen LogP contribution in [0.25, 0.3) is 0 Å². The van der Waals surface area contributed by atoms with Crippen LogP contribution in [0.3, 0.4) is 0 Å². The van der Waals surface area contributed by atoms with Crippen molar-refractivity contribution in [1.29, 1.82) is 5.26 Å². The Bertz CT molecular complexity index is 748. The van der Waals surface area contributed by atoms with Gasteiger partial charge in [0.1, 0.15) is 5.41 Å². The zero-order valence-electron chi connectivity index (χ0n) is 14.5. The van der Waals surface area contributed by atoms with Crippen LogP contribution in [0.5, 0.6) is 0 Å². The van der Waals surface area contributed by atoms with Crippen molar-refractivity contribution in [2.45, 2.75) is 31.5 Å². The minimum Gasteiger partial charge on any atom is -0.347 e. The van der Waals surface area contributed by atoms with E-state index in [2.05, 4.69) is 5.32 Å². The average Bonchev–Trinajstić information content (AvgIpc) is 3.38. The highest BCUT2D eigenvalue weighted by atomic mass is 16.7. The Morgan fingerprint density at radius 2 is 1.65 bits per heavy atom. The molecule has 26 heavy (non-hydrogen) atoms. The molecule has 7 heteroatoms. The van der Waals surface area contributed by atoms with Gasteiger partial charge in [0.15, 0.2) is 5.79 Å². The predicted octanol–water partition coefficient (Wildman–Crippen LogP) is 1.64. The van der Waals surface area contributed by atoms with Crippen molar-refractivity contribution in [2.75, 3.05) is 31.6 Å². The molecule has 1 aliphatic carbocycles. The minimum atomic E-state index is -0.949. The largest absolute Gasteiger partial charge is 0.347 e. The van der Waals surface area contributed by atoms with Crippen molar-refractivity contribution in [1.82, 2.24) is 4.90 Å². The first-order valence-electron chi connectivity index (χ1n) is 8.96. The third-order valence-corrected chi connectivity index (χ3v) is 5.49. The Balaban J connectivity index is 1.39. The summed E-state index contributed by atoms with van der Waals surface area (Å²) in [5.74, 6) is -0.893. The fourth-order valence-electron chi connectivity index (χ4n) is 3.68. The van der Waals surface area contributed by atoms with Gasteiger partial charge >= 0.3 is 0 Å². The Labute approximate surface area is 151 Å². The summed E-state index contributed by atoms with van der Waals surface area (Å²) < 4.78 is 11.4. The minimum absolute atomic E-state index is 0.100. The average molecular weight is 355 g/mol. The van der Waals surface area contributed by atoms with Crippen LogP contribution in [0.2, 0.25) is 0 Å². The maximum atomic E-state index is 13.0. The van der Waals surface area contributed by atoms with Gasteiger partial charge in [-0.3, -0.25) is 9.59 Å². The van der Waals surface area contributed by atoms with Crippen LogP contribution in [0, 0.1) is 16.7 Å². The zero-order valence-corrected chi connectivity index (χ0v) is 14.5. The van der Waals surface area contributed by atoms with Crippen LogP contribution in [0.15, 0.2) is 24.3 Å². The molecule has 0 bridgehead atoms. The predicted molar refractivity (Wildman–Crippen MR) is 91.9 cm³/mol. The number of hydrogen-bond acceptors (Lipinski definition) is 5. The van der Waals surface area contributed by atoms with Crippen LogP contribution in [-0.4, -0.2) is 48.8 Å². The van der Waals surface area contributed by atoms with Gasteiger partial charge in [0.25, 0.3) is 0 Å². The Kier molecular flexibility index (Phi) is 4.17. The smallest absolute Gasteiger partial charge is 0.240 e. The van der Waals surface area contributed by atoms with Crippen molar-refractivity contribution in [3.8, 4) is 6.07 Å². The van der Waals surface area contributed by atoms with Crippen LogP contribution in [0.1, 0.15) is 31.2 Å². The molecule has 2 amide bonds. The van der Waals surface area contributed by atoms with Gasteiger partial charge in [0.05, 0.1) is 24.8 Å². The Morgan fingerprint density at radius 1 is 1.04 bits per heavy atom. The van der Waals surface area contributed by atoms with Gasteiger partial charge < -0.3 is 19.7 Å². The quantitative estimate of drug-likeness (QED) is 0.832. The lowest BCUT2D eigenvalue weighted by atomic mass is 9.98. The molecule has 1 saturated carbocycles.